The summed E-state index contributed by atoms with van der Waals surface area (Å²) in [5.41, 5.74) is 0. The van der Waals surface area contributed by atoms with Gasteiger partial charge in [-0.3, -0.25) is 0 Å². The van der Waals surface area contributed by atoms with Crippen molar-refractivity contribution < 1.29 is 9.81 Å². The maximum absolute atomic E-state index is 10.8. The van der Waals surface area contributed by atoms with Crippen molar-refractivity contribution in [1.82, 2.24) is 5.01 Å². The van der Waals surface area contributed by atoms with E-state index in [9.17, 15) is 5.21 Å². The minimum Gasteiger partial charge on any atom is -0.569 e. The third kappa shape index (κ3) is 2.52. The smallest absolute Gasteiger partial charge is 0.232 e. The van der Waals surface area contributed by atoms with E-state index >= 15 is 0 Å². The minimum absolute atomic E-state index is 0.444. The summed E-state index contributed by atoms with van der Waals surface area (Å²) >= 11 is 0. The van der Waals surface area contributed by atoms with Crippen LogP contribution in [0.25, 0.3) is 0 Å². The van der Waals surface area contributed by atoms with Crippen molar-refractivity contribution in [3.63, 3.8) is 0 Å². The summed E-state index contributed by atoms with van der Waals surface area (Å²) in [6.45, 7) is 5.01. The van der Waals surface area contributed by atoms with Crippen molar-refractivity contribution in [3.05, 3.63) is 5.21 Å². The molecule has 0 bridgehead atoms. The van der Waals surface area contributed by atoms with Crippen LogP contribution in [-0.4, -0.2) is 30.2 Å². The Morgan fingerprint density at radius 1 is 1.50 bits per heavy atom. The second kappa shape index (κ2) is 4.84. The Morgan fingerprint density at radius 3 is 2.30 bits per heavy atom. The lowest BCUT2D eigenvalue weighted by molar-refractivity contribution is -0.709. The van der Waals surface area contributed by atoms with Gasteiger partial charge in [-0.2, -0.15) is 0 Å². The largest absolute Gasteiger partial charge is 0.569 e. The normalized spacial score (nSPS) is 11.3. The molecule has 0 aliphatic heterocycles. The van der Waals surface area contributed by atoms with Gasteiger partial charge in [0, 0.05) is 0 Å². The van der Waals surface area contributed by atoms with Crippen LogP contribution in [-0.2, 0) is 4.84 Å². The zero-order valence-corrected chi connectivity index (χ0v) is 6.57. The first-order valence-electron chi connectivity index (χ1n) is 3.22. The molecule has 0 fully saturated rings. The third-order valence-corrected chi connectivity index (χ3v) is 1.12. The molecule has 0 heterocycles. The Balaban J connectivity index is 3.87. The van der Waals surface area contributed by atoms with Gasteiger partial charge in [0.2, 0.25) is 5.28 Å². The average molecular weight is 147 g/mol. The van der Waals surface area contributed by atoms with E-state index in [2.05, 4.69) is 10.1 Å². The SMILES string of the molecule is CCN(CC)/[N+]([O-])=N/OC. The highest BCUT2D eigenvalue weighted by Gasteiger charge is 2.04. The van der Waals surface area contributed by atoms with Crippen molar-refractivity contribution in [1.29, 1.82) is 0 Å². The van der Waals surface area contributed by atoms with Crippen molar-refractivity contribution in [2.75, 3.05) is 20.2 Å². The lowest BCUT2D eigenvalue weighted by atomic mass is 10.6. The van der Waals surface area contributed by atoms with E-state index < -0.39 is 0 Å². The van der Waals surface area contributed by atoms with Crippen molar-refractivity contribution in [2.45, 2.75) is 13.8 Å². The number of nitrogens with zero attached hydrogens (tertiary/aromatic N) is 3. The highest BCUT2D eigenvalue weighted by Crippen LogP contribution is 1.88. The quantitative estimate of drug-likeness (QED) is 0.335. The van der Waals surface area contributed by atoms with Gasteiger partial charge in [0.05, 0.1) is 18.1 Å². The molecule has 0 aromatic rings. The summed E-state index contributed by atoms with van der Waals surface area (Å²) in [7, 11) is 1.34. The molecule has 0 spiro atoms. The summed E-state index contributed by atoms with van der Waals surface area (Å²) in [5.74, 6) is 0. The molecule has 0 aromatic carbocycles. The summed E-state index contributed by atoms with van der Waals surface area (Å²) in [4.78, 5) is 4.73. The van der Waals surface area contributed by atoms with Crippen LogP contribution in [0, 0.1) is 5.21 Å². The molecule has 0 saturated carbocycles. The molecule has 0 aromatic heterocycles. The molecule has 5 heteroatoms. The summed E-state index contributed by atoms with van der Waals surface area (Å²) in [5, 5.41) is 15.4. The van der Waals surface area contributed by atoms with E-state index in [1.165, 1.54) is 12.1 Å². The van der Waals surface area contributed by atoms with Crippen molar-refractivity contribution in [2.24, 2.45) is 5.28 Å². The molecule has 60 valence electrons. The first-order valence-corrected chi connectivity index (χ1v) is 3.22. The molecule has 0 radical (unpaired) electrons. The van der Waals surface area contributed by atoms with Gasteiger partial charge in [0.25, 0.3) is 0 Å². The minimum atomic E-state index is 0.444. The van der Waals surface area contributed by atoms with Crippen LogP contribution in [0.15, 0.2) is 5.28 Å². The van der Waals surface area contributed by atoms with Gasteiger partial charge in [-0.15, -0.1) is 5.01 Å². The monoisotopic (exact) mass is 147 g/mol. The van der Waals surface area contributed by atoms with E-state index in [4.69, 9.17) is 0 Å². The van der Waals surface area contributed by atoms with Crippen LogP contribution >= 0.6 is 0 Å². The van der Waals surface area contributed by atoms with Gasteiger partial charge in [-0.05, 0) is 13.8 Å². The van der Waals surface area contributed by atoms with Crippen LogP contribution in [0.3, 0.4) is 0 Å². The molecule has 0 aliphatic carbocycles. The summed E-state index contributed by atoms with van der Waals surface area (Å²) < 4.78 is 0. The molecule has 10 heavy (non-hydrogen) atoms. The van der Waals surface area contributed by atoms with Crippen LogP contribution in [0.1, 0.15) is 13.8 Å². The van der Waals surface area contributed by atoms with Crippen LogP contribution in [0.2, 0.25) is 0 Å². The van der Waals surface area contributed by atoms with Gasteiger partial charge in [0.15, 0.2) is 0 Å². The van der Waals surface area contributed by atoms with Crippen molar-refractivity contribution >= 4 is 0 Å². The number of hydrazine groups is 1. The first-order chi connectivity index (χ1) is 4.76. The van der Waals surface area contributed by atoms with E-state index in [0.29, 0.717) is 18.1 Å². The molecule has 0 aliphatic rings. The highest BCUT2D eigenvalue weighted by atomic mass is 16.7. The zero-order chi connectivity index (χ0) is 7.98. The lowest BCUT2D eigenvalue weighted by Gasteiger charge is -2.12. The van der Waals surface area contributed by atoms with E-state index in [1.54, 1.807) is 0 Å². The second-order valence-electron chi connectivity index (χ2n) is 1.66. The zero-order valence-electron chi connectivity index (χ0n) is 6.57. The van der Waals surface area contributed by atoms with Crippen molar-refractivity contribution in [3.8, 4) is 0 Å². The van der Waals surface area contributed by atoms with E-state index in [-0.39, 0.29) is 0 Å². The second-order valence-corrected chi connectivity index (χ2v) is 1.66. The molecule has 0 saturated heterocycles. The summed E-state index contributed by atoms with van der Waals surface area (Å²) in [6.07, 6.45) is 0. The number of rotatable bonds is 4. The molecular weight excluding hydrogens is 134 g/mol. The predicted molar refractivity (Wildman–Crippen MR) is 36.0 cm³/mol. The lowest BCUT2D eigenvalue weighted by Crippen LogP contribution is -2.30. The number of hydrogen-bond donors (Lipinski definition) is 0. The fraction of sp³-hybridized carbons (Fsp3) is 1.00. The molecule has 0 rings (SSSR count). The van der Waals surface area contributed by atoms with Gasteiger partial charge in [-0.1, -0.05) is 0 Å². The molecule has 0 N–H and O–H groups in total. The fourth-order valence-corrected chi connectivity index (χ4v) is 0.587. The molecule has 5 nitrogen and oxygen atoms in total. The fourth-order valence-electron chi connectivity index (χ4n) is 0.587. The van der Waals surface area contributed by atoms with Gasteiger partial charge >= 0.3 is 0 Å². The highest BCUT2D eigenvalue weighted by molar-refractivity contribution is 4.29. The molecule has 0 amide bonds. The Labute approximate surface area is 60.4 Å². The Kier molecular flexibility index (Phi) is 4.36. The van der Waals surface area contributed by atoms with Crippen LogP contribution < -0.4 is 0 Å². The van der Waals surface area contributed by atoms with Crippen LogP contribution in [0.5, 0.6) is 0 Å². The molecule has 0 unspecified atom stereocenters. The summed E-state index contributed by atoms with van der Waals surface area (Å²) in [6, 6.07) is 0. The molecule has 0 atom stereocenters. The number of hydrogen-bond acceptors (Lipinski definition) is 3. The first kappa shape index (κ1) is 9.00. The van der Waals surface area contributed by atoms with E-state index in [1.807, 2.05) is 13.8 Å². The van der Waals surface area contributed by atoms with Crippen LogP contribution in [0.4, 0.5) is 0 Å². The average Bonchev–Trinajstić information content (AvgIpc) is 1.91. The topological polar surface area (TPSA) is 50.9 Å². The van der Waals surface area contributed by atoms with Gasteiger partial charge in [0.1, 0.15) is 7.11 Å². The predicted octanol–water partition coefficient (Wildman–Crippen LogP) is 0.767. The van der Waals surface area contributed by atoms with Gasteiger partial charge < -0.3 is 10.0 Å². The maximum Gasteiger partial charge on any atom is 0.232 e. The molecular formula is C5H13N3O2. The van der Waals surface area contributed by atoms with Gasteiger partial charge in [-0.25, -0.2) is 0 Å². The Morgan fingerprint density at radius 2 is 2.00 bits per heavy atom. The van der Waals surface area contributed by atoms with E-state index in [0.717, 1.165) is 0 Å². The maximum atomic E-state index is 10.8. The Bertz CT molecular complexity index is 111. The Hall–Kier alpha value is -1.00. The standard InChI is InChI=1S/C5H13N3O2/c1-4-7(5-2)8(9)6-10-3/h4-5H2,1-3H3/b8-6-. The third-order valence-electron chi connectivity index (χ3n) is 1.12.